The summed E-state index contributed by atoms with van der Waals surface area (Å²) < 4.78 is 71.5. The van der Waals surface area contributed by atoms with E-state index in [4.69, 9.17) is 25.7 Å². The third-order valence-corrected chi connectivity index (χ3v) is 17.7. The lowest BCUT2D eigenvalue weighted by atomic mass is 9.69. The van der Waals surface area contributed by atoms with Gasteiger partial charge < -0.3 is 41.0 Å². The van der Waals surface area contributed by atoms with Crippen molar-refractivity contribution in [2.24, 2.45) is 10.8 Å². The monoisotopic (exact) mass is 1050 g/mol. The van der Waals surface area contributed by atoms with Gasteiger partial charge in [0.15, 0.2) is 19.7 Å². The molecule has 7 N–H and O–H groups in total. The van der Waals surface area contributed by atoms with E-state index in [-0.39, 0.29) is 27.0 Å². The minimum atomic E-state index is -3.62. The second-order valence-electron chi connectivity index (χ2n) is 17.5. The first-order chi connectivity index (χ1) is 31.0. The molecule has 65 heavy (non-hydrogen) atoms. The van der Waals surface area contributed by atoms with Crippen molar-refractivity contribution >= 4 is 53.6 Å². The van der Waals surface area contributed by atoms with Gasteiger partial charge in [0.1, 0.15) is 18.1 Å². The van der Waals surface area contributed by atoms with Crippen molar-refractivity contribution in [3.8, 4) is 11.5 Å². The van der Waals surface area contributed by atoms with Gasteiger partial charge in [0.05, 0.1) is 59.9 Å². The number of benzene rings is 4. The fraction of sp³-hybridized carbons (Fsp3) is 0.520. The Kier molecular flexibility index (Phi) is 19.0. The number of hydrogen-bond donors (Lipinski definition) is 5. The van der Waals surface area contributed by atoms with E-state index in [0.717, 1.165) is 47.8 Å². The van der Waals surface area contributed by atoms with Crippen molar-refractivity contribution in [3.05, 3.63) is 107 Å². The average molecular weight is 1050 g/mol. The summed E-state index contributed by atoms with van der Waals surface area (Å²) in [7, 11) is -7.21. The number of ether oxygens (including phenoxy) is 3. The van der Waals surface area contributed by atoms with Gasteiger partial charge in [-0.15, -0.1) is 0 Å². The normalized spacial score (nSPS) is 24.4. The molecule has 0 aliphatic carbocycles. The van der Waals surface area contributed by atoms with Crippen molar-refractivity contribution < 1.29 is 46.4 Å². The number of hydrogen-bond acceptors (Lipinski definition) is 12. The number of sulfone groups is 2. The fourth-order valence-corrected chi connectivity index (χ4v) is 14.4. The maximum Gasteiger partial charge on any atom is 0.179 e. The van der Waals surface area contributed by atoms with Crippen molar-refractivity contribution in [1.82, 2.24) is 0 Å². The van der Waals surface area contributed by atoms with Crippen LogP contribution in [0.25, 0.3) is 0 Å². The number of aromatic hydroxyl groups is 1. The standard InChI is InChI=1S/C28H40INO6S.C22H29NO4S/c1-3-5-12-28(4-2)20-37(32,33)25-11-8-22(30)19-24(25)26(27(28)31)21-6-9-23(10-7-21)36-18-17-35-16-15-34-14-13-29;1-3-5-12-22(4-2)14-28(26,27)19-11-8-16(23)13-18(19)20(21(22)25)15-6-9-17(24)10-7-15/h6-11,19,26-27,31H,3-5,12-18,20,30H2,1-2H3;6-11,13,20-21,24-25H,3-5,12,14,23H2,1-2H3/t26-,27-,28-;20-,21-,22-/m11/s1. The number of fused-ring (bicyclic) bond motifs is 2. The van der Waals surface area contributed by atoms with Gasteiger partial charge in [0, 0.05) is 38.5 Å². The highest BCUT2D eigenvalue weighted by Gasteiger charge is 2.50. The number of aliphatic hydroxyl groups is 2. The van der Waals surface area contributed by atoms with Crippen LogP contribution in [0.1, 0.15) is 113 Å². The van der Waals surface area contributed by atoms with Crippen molar-refractivity contribution in [1.29, 1.82) is 0 Å². The van der Waals surface area contributed by atoms with Crippen molar-refractivity contribution in [3.63, 3.8) is 0 Å². The second kappa shape index (κ2) is 23.5. The van der Waals surface area contributed by atoms with Gasteiger partial charge in [0.2, 0.25) is 0 Å². The van der Waals surface area contributed by atoms with Gasteiger partial charge in [-0.25, -0.2) is 16.8 Å². The van der Waals surface area contributed by atoms with E-state index in [2.05, 4.69) is 36.4 Å². The third kappa shape index (κ3) is 12.6. The minimum Gasteiger partial charge on any atom is -0.508 e. The van der Waals surface area contributed by atoms with E-state index in [1.165, 1.54) is 0 Å². The van der Waals surface area contributed by atoms with E-state index >= 15 is 0 Å². The summed E-state index contributed by atoms with van der Waals surface area (Å²) in [6, 6.07) is 23.9. The summed E-state index contributed by atoms with van der Waals surface area (Å²) >= 11 is 2.27. The molecule has 0 bridgehead atoms. The summed E-state index contributed by atoms with van der Waals surface area (Å²) in [5.74, 6) is -0.399. The fourth-order valence-electron chi connectivity index (χ4n) is 9.56. The number of anilines is 2. The molecule has 2 heterocycles. The highest BCUT2D eigenvalue weighted by molar-refractivity contribution is 14.1. The van der Waals surface area contributed by atoms with Gasteiger partial charge in [0.25, 0.3) is 0 Å². The number of phenols is 1. The van der Waals surface area contributed by atoms with Crippen LogP contribution < -0.4 is 16.2 Å². The Morgan fingerprint density at radius 3 is 1.45 bits per heavy atom. The number of aliphatic hydroxyl groups excluding tert-OH is 2. The van der Waals surface area contributed by atoms with Gasteiger partial charge in [-0.3, -0.25) is 0 Å². The molecule has 0 amide bonds. The number of unbranched alkanes of at least 4 members (excludes halogenated alkanes) is 2. The van der Waals surface area contributed by atoms with Crippen LogP contribution in [0.2, 0.25) is 0 Å². The molecule has 4 aromatic rings. The molecule has 0 spiro atoms. The molecule has 2 aliphatic heterocycles. The van der Waals surface area contributed by atoms with Crippen LogP contribution in [-0.4, -0.2) is 93.3 Å². The number of rotatable bonds is 19. The zero-order chi connectivity index (χ0) is 47.4. The molecule has 0 unspecified atom stereocenters. The quantitative estimate of drug-likeness (QED) is 0.0258. The largest absolute Gasteiger partial charge is 0.508 e. The van der Waals surface area contributed by atoms with E-state index in [0.29, 0.717) is 80.4 Å². The maximum atomic E-state index is 13.6. The molecule has 6 rings (SSSR count). The number of nitrogens with two attached hydrogens (primary N) is 2. The number of halogens is 1. The molecule has 0 saturated carbocycles. The number of phenolic OH excluding ortho intramolecular Hbond substituents is 1. The van der Waals surface area contributed by atoms with Crippen LogP contribution in [0.15, 0.2) is 94.7 Å². The first kappa shape index (κ1) is 52.5. The maximum absolute atomic E-state index is 13.6. The Bertz CT molecular complexity index is 2370. The third-order valence-electron chi connectivity index (χ3n) is 13.3. The summed E-state index contributed by atoms with van der Waals surface area (Å²) in [6.45, 7) is 10.8. The van der Waals surface area contributed by atoms with Crippen LogP contribution in [0, 0.1) is 10.8 Å². The average Bonchev–Trinajstić information content (AvgIpc) is 3.40. The highest BCUT2D eigenvalue weighted by atomic mass is 127. The lowest BCUT2D eigenvalue weighted by molar-refractivity contribution is 0.0173. The summed E-state index contributed by atoms with van der Waals surface area (Å²) in [4.78, 5) is 0.503. The second-order valence-corrected chi connectivity index (χ2v) is 22.5. The van der Waals surface area contributed by atoms with Gasteiger partial charge in [-0.1, -0.05) is 100 Å². The van der Waals surface area contributed by atoms with Crippen molar-refractivity contribution in [2.75, 3.05) is 60.4 Å². The molecule has 358 valence electrons. The van der Waals surface area contributed by atoms with Crippen LogP contribution in [-0.2, 0) is 29.1 Å². The molecule has 15 heteroatoms. The highest BCUT2D eigenvalue weighted by Crippen LogP contribution is 2.51. The Morgan fingerprint density at radius 2 is 1.03 bits per heavy atom. The first-order valence-electron chi connectivity index (χ1n) is 22.9. The Hall–Kier alpha value is -3.45. The molecular formula is C50H69IN2O10S2. The molecule has 12 nitrogen and oxygen atoms in total. The predicted molar refractivity (Wildman–Crippen MR) is 267 cm³/mol. The number of nitrogen functional groups attached to an aromatic ring is 2. The van der Waals surface area contributed by atoms with Crippen LogP contribution >= 0.6 is 22.6 Å². The van der Waals surface area contributed by atoms with E-state index < -0.39 is 54.5 Å². The van der Waals surface area contributed by atoms with Crippen molar-refractivity contribution in [2.45, 2.75) is 113 Å². The summed E-state index contributed by atoms with van der Waals surface area (Å²) in [5, 5.41) is 33.2. The zero-order valence-corrected chi connectivity index (χ0v) is 42.0. The Labute approximate surface area is 400 Å². The molecule has 0 saturated heterocycles. The molecule has 0 radical (unpaired) electrons. The number of alkyl halides is 1. The first-order valence-corrected chi connectivity index (χ1v) is 27.7. The minimum absolute atomic E-state index is 0.0740. The summed E-state index contributed by atoms with van der Waals surface area (Å²) in [6.07, 6.45) is 4.21. The van der Waals surface area contributed by atoms with Gasteiger partial charge in [-0.2, -0.15) is 0 Å². The van der Waals surface area contributed by atoms with Crippen LogP contribution in [0.5, 0.6) is 11.5 Å². The molecular weight excluding hydrogens is 980 g/mol. The molecule has 2 aliphatic rings. The van der Waals surface area contributed by atoms with Crippen LogP contribution in [0.4, 0.5) is 11.4 Å². The predicted octanol–water partition coefficient (Wildman–Crippen LogP) is 8.82. The van der Waals surface area contributed by atoms with Crippen LogP contribution in [0.3, 0.4) is 0 Å². The molecule has 4 aromatic carbocycles. The van der Waals surface area contributed by atoms with E-state index in [1.54, 1.807) is 60.7 Å². The van der Waals surface area contributed by atoms with E-state index in [9.17, 15) is 32.2 Å². The lowest BCUT2D eigenvalue weighted by Crippen LogP contribution is -2.42. The van der Waals surface area contributed by atoms with Gasteiger partial charge in [-0.05, 0) is 109 Å². The zero-order valence-electron chi connectivity index (χ0n) is 38.3. The Balaban J connectivity index is 0.000000253. The molecule has 6 atom stereocenters. The molecule has 0 aromatic heterocycles. The Morgan fingerprint density at radius 1 is 0.615 bits per heavy atom. The van der Waals surface area contributed by atoms with E-state index in [1.807, 2.05) is 38.1 Å². The molecule has 0 fully saturated rings. The SMILES string of the molecule is CCCC[C@]1(CC)CS(=O)(=O)c2ccc(N)cc2[C@@H](c2ccc(O)cc2)[C@H]1O.CCCC[C@]1(CC)CS(=O)(=O)c2ccc(N)cc2[C@@H](c2ccc(OCCOCCOCCI)cc2)[C@H]1O. The smallest absolute Gasteiger partial charge is 0.179 e. The topological polar surface area (TPSA) is 209 Å². The van der Waals surface area contributed by atoms with Gasteiger partial charge >= 0.3 is 0 Å². The summed E-state index contributed by atoms with van der Waals surface area (Å²) in [5.41, 5.74) is 14.2. The lowest BCUT2D eigenvalue weighted by Gasteiger charge is -2.39.